The summed E-state index contributed by atoms with van der Waals surface area (Å²) in [5.74, 6) is 1.17. The lowest BCUT2D eigenvalue weighted by molar-refractivity contribution is -0.123. The van der Waals surface area contributed by atoms with Crippen LogP contribution in [0.4, 0.5) is 5.82 Å². The average Bonchev–Trinajstić information content (AvgIpc) is 2.39. The summed E-state index contributed by atoms with van der Waals surface area (Å²) >= 11 is 0. The van der Waals surface area contributed by atoms with Gasteiger partial charge in [-0.05, 0) is 36.9 Å². The largest absolute Gasteiger partial charge is 0.316 e. The van der Waals surface area contributed by atoms with Crippen LogP contribution in [0.3, 0.4) is 0 Å². The molecule has 4 heteroatoms. The van der Waals surface area contributed by atoms with Gasteiger partial charge in [-0.1, -0.05) is 26.8 Å². The van der Waals surface area contributed by atoms with Crippen LogP contribution in [0.5, 0.6) is 0 Å². The predicted molar refractivity (Wildman–Crippen MR) is 77.2 cm³/mol. The van der Waals surface area contributed by atoms with Crippen LogP contribution in [0.1, 0.15) is 45.1 Å². The second-order valence-corrected chi connectivity index (χ2v) is 6.22. The molecule has 19 heavy (non-hydrogen) atoms. The minimum atomic E-state index is -0.395. The van der Waals surface area contributed by atoms with Gasteiger partial charge in [0, 0.05) is 18.2 Å². The second kappa shape index (κ2) is 5.70. The zero-order valence-electron chi connectivity index (χ0n) is 12.0. The zero-order valence-corrected chi connectivity index (χ0v) is 12.0. The van der Waals surface area contributed by atoms with E-state index >= 15 is 0 Å². The zero-order chi connectivity index (χ0) is 13.9. The van der Waals surface area contributed by atoms with Crippen LogP contribution in [-0.4, -0.2) is 24.0 Å². The number of aromatic nitrogens is 1. The Morgan fingerprint density at radius 1 is 1.42 bits per heavy atom. The van der Waals surface area contributed by atoms with E-state index in [0.29, 0.717) is 11.7 Å². The number of carbonyl (C=O) groups is 1. The SMILES string of the molecule is CC(C)(C)C(=O)Nc1ccc(C2CCCNC2)cn1. The van der Waals surface area contributed by atoms with Crippen LogP contribution in [0.25, 0.3) is 0 Å². The van der Waals surface area contributed by atoms with E-state index in [-0.39, 0.29) is 5.91 Å². The molecule has 0 radical (unpaired) electrons. The average molecular weight is 261 g/mol. The van der Waals surface area contributed by atoms with E-state index in [1.165, 1.54) is 18.4 Å². The smallest absolute Gasteiger partial charge is 0.230 e. The monoisotopic (exact) mass is 261 g/mol. The molecule has 104 valence electrons. The number of hydrogen-bond acceptors (Lipinski definition) is 3. The maximum absolute atomic E-state index is 11.9. The Morgan fingerprint density at radius 3 is 2.74 bits per heavy atom. The molecule has 0 spiro atoms. The summed E-state index contributed by atoms with van der Waals surface area (Å²) < 4.78 is 0. The van der Waals surface area contributed by atoms with E-state index in [0.717, 1.165) is 13.1 Å². The fourth-order valence-electron chi connectivity index (χ4n) is 2.16. The predicted octanol–water partition coefficient (Wildman–Crippen LogP) is 2.53. The number of rotatable bonds is 2. The molecule has 1 atom stereocenters. The van der Waals surface area contributed by atoms with E-state index in [9.17, 15) is 4.79 Å². The quantitative estimate of drug-likeness (QED) is 0.860. The molecule has 2 N–H and O–H groups in total. The Morgan fingerprint density at radius 2 is 2.21 bits per heavy atom. The van der Waals surface area contributed by atoms with Crippen LogP contribution in [0, 0.1) is 5.41 Å². The third-order valence-electron chi connectivity index (χ3n) is 3.48. The molecule has 2 heterocycles. The number of anilines is 1. The van der Waals surface area contributed by atoms with E-state index in [4.69, 9.17) is 0 Å². The lowest BCUT2D eigenvalue weighted by Crippen LogP contribution is -2.29. The second-order valence-electron chi connectivity index (χ2n) is 6.22. The molecule has 1 aliphatic rings. The maximum atomic E-state index is 11.9. The van der Waals surface area contributed by atoms with E-state index < -0.39 is 5.41 Å². The third kappa shape index (κ3) is 3.77. The fourth-order valence-corrected chi connectivity index (χ4v) is 2.16. The summed E-state index contributed by atoms with van der Waals surface area (Å²) in [6.45, 7) is 7.82. The first-order chi connectivity index (χ1) is 8.97. The van der Waals surface area contributed by atoms with Gasteiger partial charge in [-0.2, -0.15) is 0 Å². The van der Waals surface area contributed by atoms with Gasteiger partial charge in [0.15, 0.2) is 0 Å². The normalized spacial score (nSPS) is 20.1. The molecule has 4 nitrogen and oxygen atoms in total. The number of hydrogen-bond donors (Lipinski definition) is 2. The highest BCUT2D eigenvalue weighted by Crippen LogP contribution is 2.23. The summed E-state index contributed by atoms with van der Waals surface area (Å²) in [4.78, 5) is 16.2. The lowest BCUT2D eigenvalue weighted by atomic mass is 9.93. The number of pyridine rings is 1. The maximum Gasteiger partial charge on any atom is 0.230 e. The van der Waals surface area contributed by atoms with Gasteiger partial charge in [0.25, 0.3) is 0 Å². The summed E-state index contributed by atoms with van der Waals surface area (Å²) in [6.07, 6.45) is 4.31. The number of amides is 1. The molecule has 1 amide bonds. The molecule has 2 rings (SSSR count). The van der Waals surface area contributed by atoms with Gasteiger partial charge in [0.2, 0.25) is 5.91 Å². The standard InChI is InChI=1S/C15H23N3O/c1-15(2,3)14(19)18-13-7-6-12(10-17-13)11-5-4-8-16-9-11/h6-7,10-11,16H,4-5,8-9H2,1-3H3,(H,17,18,19). The Bertz CT molecular complexity index is 428. The molecular weight excluding hydrogens is 238 g/mol. The molecule has 0 bridgehead atoms. The molecule has 1 saturated heterocycles. The molecule has 0 aromatic carbocycles. The molecule has 0 aliphatic carbocycles. The molecule has 1 aliphatic heterocycles. The van der Waals surface area contributed by atoms with Gasteiger partial charge in [-0.25, -0.2) is 4.98 Å². The van der Waals surface area contributed by atoms with Crippen molar-refractivity contribution in [1.82, 2.24) is 10.3 Å². The number of nitrogens with zero attached hydrogens (tertiary/aromatic N) is 1. The van der Waals surface area contributed by atoms with Crippen molar-refractivity contribution < 1.29 is 4.79 Å². The summed E-state index contributed by atoms with van der Waals surface area (Å²) in [7, 11) is 0. The van der Waals surface area contributed by atoms with Crippen molar-refractivity contribution in [3.8, 4) is 0 Å². The van der Waals surface area contributed by atoms with Crippen molar-refractivity contribution in [2.45, 2.75) is 39.5 Å². The van der Waals surface area contributed by atoms with Crippen molar-refractivity contribution in [3.05, 3.63) is 23.9 Å². The Labute approximate surface area is 115 Å². The van der Waals surface area contributed by atoms with Gasteiger partial charge < -0.3 is 10.6 Å². The number of nitrogens with one attached hydrogen (secondary N) is 2. The fraction of sp³-hybridized carbons (Fsp3) is 0.600. The van der Waals surface area contributed by atoms with Gasteiger partial charge >= 0.3 is 0 Å². The van der Waals surface area contributed by atoms with Crippen molar-refractivity contribution >= 4 is 11.7 Å². The molecule has 0 saturated carbocycles. The Balaban J connectivity index is 2.00. The van der Waals surface area contributed by atoms with Crippen molar-refractivity contribution in [1.29, 1.82) is 0 Å². The van der Waals surface area contributed by atoms with E-state index in [1.54, 1.807) is 0 Å². The molecule has 1 aromatic rings. The lowest BCUT2D eigenvalue weighted by Gasteiger charge is -2.23. The van der Waals surface area contributed by atoms with E-state index in [1.807, 2.05) is 33.0 Å². The van der Waals surface area contributed by atoms with Gasteiger partial charge in [0.1, 0.15) is 5.82 Å². The van der Waals surface area contributed by atoms with Crippen LogP contribution in [0.15, 0.2) is 18.3 Å². The minimum Gasteiger partial charge on any atom is -0.316 e. The Hall–Kier alpha value is -1.42. The molecule has 1 aromatic heterocycles. The summed E-state index contributed by atoms with van der Waals surface area (Å²) in [5, 5.41) is 6.25. The van der Waals surface area contributed by atoms with Crippen LogP contribution >= 0.6 is 0 Å². The third-order valence-corrected chi connectivity index (χ3v) is 3.48. The first-order valence-electron chi connectivity index (χ1n) is 6.95. The van der Waals surface area contributed by atoms with Crippen molar-refractivity contribution in [2.24, 2.45) is 5.41 Å². The van der Waals surface area contributed by atoms with Crippen LogP contribution < -0.4 is 10.6 Å². The molecule has 1 fully saturated rings. The highest BCUT2D eigenvalue weighted by molar-refractivity contribution is 5.93. The van der Waals surface area contributed by atoms with Crippen molar-refractivity contribution in [3.63, 3.8) is 0 Å². The first kappa shape index (κ1) is 14.0. The first-order valence-corrected chi connectivity index (χ1v) is 6.95. The van der Waals surface area contributed by atoms with Crippen LogP contribution in [0.2, 0.25) is 0 Å². The van der Waals surface area contributed by atoms with Crippen molar-refractivity contribution in [2.75, 3.05) is 18.4 Å². The summed E-state index contributed by atoms with van der Waals surface area (Å²) in [6, 6.07) is 3.97. The molecule has 1 unspecified atom stereocenters. The Kier molecular flexibility index (Phi) is 4.20. The van der Waals surface area contributed by atoms with Gasteiger partial charge in [-0.3, -0.25) is 4.79 Å². The topological polar surface area (TPSA) is 54.0 Å². The summed E-state index contributed by atoms with van der Waals surface area (Å²) in [5.41, 5.74) is 0.856. The minimum absolute atomic E-state index is 0.00733. The van der Waals surface area contributed by atoms with Crippen LogP contribution in [-0.2, 0) is 4.79 Å². The molecular formula is C15H23N3O. The highest BCUT2D eigenvalue weighted by Gasteiger charge is 2.21. The van der Waals surface area contributed by atoms with E-state index in [2.05, 4.69) is 21.7 Å². The number of piperidine rings is 1. The van der Waals surface area contributed by atoms with Gasteiger partial charge in [-0.15, -0.1) is 0 Å². The highest BCUT2D eigenvalue weighted by atomic mass is 16.2. The number of carbonyl (C=O) groups excluding carboxylic acids is 1. The van der Waals surface area contributed by atoms with Gasteiger partial charge in [0.05, 0.1) is 0 Å².